The van der Waals surface area contributed by atoms with Crippen LogP contribution >= 0.6 is 0 Å². The van der Waals surface area contributed by atoms with Crippen LogP contribution in [0.2, 0.25) is 0 Å². The van der Waals surface area contributed by atoms with Crippen molar-refractivity contribution >= 4 is 0 Å². The molecule has 0 bridgehead atoms. The zero-order valence-electron chi connectivity index (χ0n) is 14.4. The molecule has 0 amide bonds. The van der Waals surface area contributed by atoms with Gasteiger partial charge in [0.05, 0.1) is 6.54 Å². The molecule has 0 saturated heterocycles. The molecule has 1 aliphatic rings. The number of aryl methyl sites for hydroxylation is 1. The maximum atomic E-state index is 5.98. The number of furan rings is 1. The van der Waals surface area contributed by atoms with Crippen LogP contribution < -0.4 is 5.32 Å². The van der Waals surface area contributed by atoms with Crippen molar-refractivity contribution in [2.75, 3.05) is 13.1 Å². The SMILES string of the molecule is Cc1oc(CN(CC(C)C)C2CC2)cc1CNCC(C)C. The predicted molar refractivity (Wildman–Crippen MR) is 88.3 cm³/mol. The number of nitrogens with zero attached hydrogens (tertiary/aromatic N) is 1. The van der Waals surface area contributed by atoms with Crippen LogP contribution in [-0.2, 0) is 13.1 Å². The first kappa shape index (κ1) is 16.6. The van der Waals surface area contributed by atoms with E-state index in [9.17, 15) is 0 Å². The quantitative estimate of drug-likeness (QED) is 0.747. The molecule has 1 N–H and O–H groups in total. The lowest BCUT2D eigenvalue weighted by atomic mass is 10.2. The van der Waals surface area contributed by atoms with E-state index in [0.29, 0.717) is 11.8 Å². The monoisotopic (exact) mass is 292 g/mol. The van der Waals surface area contributed by atoms with Crippen molar-refractivity contribution in [1.82, 2.24) is 10.2 Å². The molecule has 0 unspecified atom stereocenters. The minimum absolute atomic E-state index is 0.688. The Hall–Kier alpha value is -0.800. The van der Waals surface area contributed by atoms with Crippen LogP contribution in [0.5, 0.6) is 0 Å². The Morgan fingerprint density at radius 2 is 1.95 bits per heavy atom. The van der Waals surface area contributed by atoms with Crippen molar-refractivity contribution in [1.29, 1.82) is 0 Å². The van der Waals surface area contributed by atoms with E-state index in [1.54, 1.807) is 0 Å². The molecule has 1 saturated carbocycles. The Bertz CT molecular complexity index is 432. The van der Waals surface area contributed by atoms with Crippen molar-refractivity contribution in [3.8, 4) is 0 Å². The number of hydrogen-bond donors (Lipinski definition) is 1. The molecule has 0 atom stereocenters. The number of nitrogens with one attached hydrogen (secondary N) is 1. The van der Waals surface area contributed by atoms with Gasteiger partial charge in [-0.2, -0.15) is 0 Å². The lowest BCUT2D eigenvalue weighted by Crippen LogP contribution is -2.29. The zero-order chi connectivity index (χ0) is 15.4. The Morgan fingerprint density at radius 3 is 2.52 bits per heavy atom. The van der Waals surface area contributed by atoms with E-state index in [1.807, 2.05) is 0 Å². The molecular formula is C18H32N2O. The average molecular weight is 292 g/mol. The van der Waals surface area contributed by atoms with Gasteiger partial charge in [0.25, 0.3) is 0 Å². The summed E-state index contributed by atoms with van der Waals surface area (Å²) in [6.45, 7) is 15.3. The van der Waals surface area contributed by atoms with Crippen LogP contribution in [0.1, 0.15) is 57.6 Å². The van der Waals surface area contributed by atoms with E-state index in [1.165, 1.54) is 24.9 Å². The van der Waals surface area contributed by atoms with Crippen molar-refractivity contribution in [2.24, 2.45) is 11.8 Å². The van der Waals surface area contributed by atoms with Crippen LogP contribution in [-0.4, -0.2) is 24.0 Å². The second-order valence-electron chi connectivity index (χ2n) is 7.37. The van der Waals surface area contributed by atoms with E-state index in [-0.39, 0.29) is 0 Å². The minimum Gasteiger partial charge on any atom is -0.465 e. The number of rotatable bonds is 9. The highest BCUT2D eigenvalue weighted by molar-refractivity contribution is 5.20. The summed E-state index contributed by atoms with van der Waals surface area (Å²) in [7, 11) is 0. The van der Waals surface area contributed by atoms with Crippen LogP contribution in [0.4, 0.5) is 0 Å². The van der Waals surface area contributed by atoms with Crippen molar-refractivity contribution in [3.63, 3.8) is 0 Å². The first-order valence-corrected chi connectivity index (χ1v) is 8.48. The van der Waals surface area contributed by atoms with Gasteiger partial charge in [-0.15, -0.1) is 0 Å². The maximum Gasteiger partial charge on any atom is 0.118 e. The van der Waals surface area contributed by atoms with E-state index in [2.05, 4.69) is 50.9 Å². The Kier molecular flexibility index (Phi) is 5.88. The molecule has 1 fully saturated rings. The van der Waals surface area contributed by atoms with Gasteiger partial charge in [0, 0.05) is 24.7 Å². The van der Waals surface area contributed by atoms with Gasteiger partial charge in [0.15, 0.2) is 0 Å². The smallest absolute Gasteiger partial charge is 0.118 e. The van der Waals surface area contributed by atoms with Gasteiger partial charge in [-0.25, -0.2) is 0 Å². The molecule has 120 valence electrons. The third kappa shape index (κ3) is 5.48. The molecule has 3 nitrogen and oxygen atoms in total. The largest absolute Gasteiger partial charge is 0.465 e. The zero-order valence-corrected chi connectivity index (χ0v) is 14.4. The molecule has 0 spiro atoms. The fourth-order valence-electron chi connectivity index (χ4n) is 2.79. The van der Waals surface area contributed by atoms with Gasteiger partial charge < -0.3 is 9.73 Å². The van der Waals surface area contributed by atoms with Gasteiger partial charge in [-0.05, 0) is 44.2 Å². The van der Waals surface area contributed by atoms with Crippen molar-refractivity contribution in [3.05, 3.63) is 23.2 Å². The highest BCUT2D eigenvalue weighted by Crippen LogP contribution is 2.29. The summed E-state index contributed by atoms with van der Waals surface area (Å²) in [5, 5.41) is 3.50. The van der Waals surface area contributed by atoms with Gasteiger partial charge in [-0.1, -0.05) is 27.7 Å². The first-order chi connectivity index (χ1) is 9.95. The van der Waals surface area contributed by atoms with E-state index in [4.69, 9.17) is 4.42 Å². The van der Waals surface area contributed by atoms with Crippen LogP contribution in [0.25, 0.3) is 0 Å². The lowest BCUT2D eigenvalue weighted by Gasteiger charge is -2.22. The second kappa shape index (κ2) is 7.46. The topological polar surface area (TPSA) is 28.4 Å². The fourth-order valence-corrected chi connectivity index (χ4v) is 2.79. The third-order valence-electron chi connectivity index (χ3n) is 3.96. The van der Waals surface area contributed by atoms with E-state index >= 15 is 0 Å². The maximum absolute atomic E-state index is 5.98. The molecule has 2 rings (SSSR count). The molecule has 21 heavy (non-hydrogen) atoms. The van der Waals surface area contributed by atoms with Gasteiger partial charge in [0.2, 0.25) is 0 Å². The summed E-state index contributed by atoms with van der Waals surface area (Å²) in [6.07, 6.45) is 2.71. The molecule has 1 aliphatic carbocycles. The summed E-state index contributed by atoms with van der Waals surface area (Å²) >= 11 is 0. The molecule has 0 aliphatic heterocycles. The van der Waals surface area contributed by atoms with Gasteiger partial charge >= 0.3 is 0 Å². The highest BCUT2D eigenvalue weighted by Gasteiger charge is 2.30. The Balaban J connectivity index is 1.90. The third-order valence-corrected chi connectivity index (χ3v) is 3.96. The average Bonchev–Trinajstić information content (AvgIpc) is 3.15. The van der Waals surface area contributed by atoms with Crippen LogP contribution in [0.3, 0.4) is 0 Å². The van der Waals surface area contributed by atoms with Crippen LogP contribution in [0, 0.1) is 18.8 Å². The fraction of sp³-hybridized carbons (Fsp3) is 0.778. The molecular weight excluding hydrogens is 260 g/mol. The Labute approximate surface area is 130 Å². The Morgan fingerprint density at radius 1 is 1.24 bits per heavy atom. The molecule has 0 aromatic carbocycles. The second-order valence-corrected chi connectivity index (χ2v) is 7.37. The van der Waals surface area contributed by atoms with E-state index < -0.39 is 0 Å². The first-order valence-electron chi connectivity index (χ1n) is 8.48. The lowest BCUT2D eigenvalue weighted by molar-refractivity contribution is 0.208. The standard InChI is InChI=1S/C18H32N2O/c1-13(2)9-19-10-16-8-18(21-15(16)5)12-20(11-14(3)4)17-6-7-17/h8,13-14,17,19H,6-7,9-12H2,1-5H3. The molecule has 1 aromatic rings. The normalized spacial score (nSPS) is 15.6. The van der Waals surface area contributed by atoms with Gasteiger partial charge in [-0.3, -0.25) is 4.90 Å². The van der Waals surface area contributed by atoms with E-state index in [0.717, 1.165) is 37.2 Å². The number of hydrogen-bond acceptors (Lipinski definition) is 3. The molecule has 1 aromatic heterocycles. The van der Waals surface area contributed by atoms with Crippen molar-refractivity contribution < 1.29 is 4.42 Å². The van der Waals surface area contributed by atoms with Crippen LogP contribution in [0.15, 0.2) is 10.5 Å². The molecule has 0 radical (unpaired) electrons. The summed E-state index contributed by atoms with van der Waals surface area (Å²) in [6, 6.07) is 3.04. The summed E-state index contributed by atoms with van der Waals surface area (Å²) in [5.74, 6) is 3.60. The highest BCUT2D eigenvalue weighted by atomic mass is 16.3. The summed E-state index contributed by atoms with van der Waals surface area (Å²) < 4.78 is 5.98. The minimum atomic E-state index is 0.688. The molecule has 3 heteroatoms. The predicted octanol–water partition coefficient (Wildman–Crippen LogP) is 3.95. The van der Waals surface area contributed by atoms with Crippen molar-refractivity contribution in [2.45, 2.75) is 66.6 Å². The summed E-state index contributed by atoms with van der Waals surface area (Å²) in [5.41, 5.74) is 1.31. The van der Waals surface area contributed by atoms with Gasteiger partial charge in [0.1, 0.15) is 11.5 Å². The molecule has 1 heterocycles. The summed E-state index contributed by atoms with van der Waals surface area (Å²) in [4.78, 5) is 2.59.